The molecule has 0 amide bonds. The lowest BCUT2D eigenvalue weighted by Gasteiger charge is -2.31. The van der Waals surface area contributed by atoms with Crippen molar-refractivity contribution in [3.63, 3.8) is 0 Å². The van der Waals surface area contributed by atoms with E-state index in [4.69, 9.17) is 17.3 Å². The minimum Gasteiger partial charge on any atom is -0.370 e. The summed E-state index contributed by atoms with van der Waals surface area (Å²) >= 11 is 5.95. The van der Waals surface area contributed by atoms with Gasteiger partial charge in [0, 0.05) is 24.7 Å². The maximum atomic E-state index is 6.04. The fourth-order valence-corrected chi connectivity index (χ4v) is 2.54. The van der Waals surface area contributed by atoms with Crippen molar-refractivity contribution in [2.24, 2.45) is 16.6 Å². The summed E-state index contributed by atoms with van der Waals surface area (Å²) in [6.45, 7) is 5.09. The summed E-state index contributed by atoms with van der Waals surface area (Å²) in [5, 5.41) is 0.777. The molecule has 0 aliphatic carbocycles. The first-order chi connectivity index (χ1) is 9.15. The fraction of sp³-hybridized carbons (Fsp3) is 0.533. The minimum atomic E-state index is 0. The molecule has 112 valence electrons. The highest BCUT2D eigenvalue weighted by molar-refractivity contribution is 14.0. The molecule has 2 rings (SSSR count). The summed E-state index contributed by atoms with van der Waals surface area (Å²) in [5.74, 6) is 1.50. The molecule has 5 heteroatoms. The molecule has 0 aromatic heterocycles. The van der Waals surface area contributed by atoms with Crippen LogP contribution in [-0.2, 0) is 6.42 Å². The Labute approximate surface area is 143 Å². The molecule has 0 radical (unpaired) electrons. The smallest absolute Gasteiger partial charge is 0.191 e. The van der Waals surface area contributed by atoms with Gasteiger partial charge < -0.3 is 10.6 Å². The van der Waals surface area contributed by atoms with Gasteiger partial charge in [-0.05, 0) is 42.9 Å². The van der Waals surface area contributed by atoms with Crippen LogP contribution in [0, 0.1) is 5.92 Å². The Morgan fingerprint density at radius 1 is 1.40 bits per heavy atom. The maximum absolute atomic E-state index is 6.04. The molecule has 3 nitrogen and oxygen atoms in total. The Bertz CT molecular complexity index is 442. The Morgan fingerprint density at radius 2 is 2.10 bits per heavy atom. The first kappa shape index (κ1) is 17.6. The SMILES string of the molecule is CC1CCN(C(N)=NCCc2cccc(Cl)c2)CC1.I. The number of rotatable bonds is 3. The molecule has 0 atom stereocenters. The van der Waals surface area contributed by atoms with E-state index in [-0.39, 0.29) is 24.0 Å². The zero-order valence-corrected chi connectivity index (χ0v) is 15.0. The van der Waals surface area contributed by atoms with E-state index in [1.54, 1.807) is 0 Å². The lowest BCUT2D eigenvalue weighted by molar-refractivity contribution is 0.277. The normalized spacial score (nSPS) is 16.9. The van der Waals surface area contributed by atoms with Crippen molar-refractivity contribution < 1.29 is 0 Å². The summed E-state index contributed by atoms with van der Waals surface area (Å²) < 4.78 is 0. The largest absolute Gasteiger partial charge is 0.370 e. The molecule has 0 spiro atoms. The third-order valence-corrected chi connectivity index (χ3v) is 3.91. The minimum absolute atomic E-state index is 0. The maximum Gasteiger partial charge on any atom is 0.191 e. The van der Waals surface area contributed by atoms with Crippen LogP contribution < -0.4 is 5.73 Å². The van der Waals surface area contributed by atoms with Gasteiger partial charge in [0.25, 0.3) is 0 Å². The molecular weight excluding hydrogens is 385 g/mol. The van der Waals surface area contributed by atoms with E-state index in [1.165, 1.54) is 18.4 Å². The predicted octanol–water partition coefficient (Wildman–Crippen LogP) is 3.55. The summed E-state index contributed by atoms with van der Waals surface area (Å²) in [6, 6.07) is 7.91. The molecule has 1 aliphatic heterocycles. The molecule has 1 saturated heterocycles. The van der Waals surface area contributed by atoms with Crippen LogP contribution in [0.5, 0.6) is 0 Å². The Morgan fingerprint density at radius 3 is 2.75 bits per heavy atom. The van der Waals surface area contributed by atoms with Crippen molar-refractivity contribution in [3.8, 4) is 0 Å². The van der Waals surface area contributed by atoms with Gasteiger partial charge in [-0.3, -0.25) is 4.99 Å². The highest BCUT2D eigenvalue weighted by Gasteiger charge is 2.16. The highest BCUT2D eigenvalue weighted by Crippen LogP contribution is 2.15. The number of benzene rings is 1. The van der Waals surface area contributed by atoms with Gasteiger partial charge in [0.2, 0.25) is 0 Å². The van der Waals surface area contributed by atoms with E-state index >= 15 is 0 Å². The van der Waals surface area contributed by atoms with Crippen LogP contribution >= 0.6 is 35.6 Å². The van der Waals surface area contributed by atoms with Crippen molar-refractivity contribution in [1.82, 2.24) is 4.90 Å². The predicted molar refractivity (Wildman–Crippen MR) is 97.0 cm³/mol. The zero-order chi connectivity index (χ0) is 13.7. The number of nitrogens with zero attached hydrogens (tertiary/aromatic N) is 2. The zero-order valence-electron chi connectivity index (χ0n) is 11.9. The van der Waals surface area contributed by atoms with Crippen LogP contribution in [0.4, 0.5) is 0 Å². The molecule has 1 aromatic carbocycles. The second-order valence-corrected chi connectivity index (χ2v) is 5.73. The first-order valence-corrected chi connectivity index (χ1v) is 7.32. The molecule has 1 aromatic rings. The lowest BCUT2D eigenvalue weighted by Crippen LogP contribution is -2.42. The first-order valence-electron chi connectivity index (χ1n) is 6.94. The third kappa shape index (κ3) is 5.48. The molecule has 0 unspecified atom stereocenters. The van der Waals surface area contributed by atoms with E-state index in [9.17, 15) is 0 Å². The number of likely N-dealkylation sites (tertiary alicyclic amines) is 1. The highest BCUT2D eigenvalue weighted by atomic mass is 127. The van der Waals surface area contributed by atoms with E-state index in [0.29, 0.717) is 5.96 Å². The molecular formula is C15H23ClIN3. The Balaban J connectivity index is 0.00000200. The summed E-state index contributed by atoms with van der Waals surface area (Å²) in [5.41, 5.74) is 7.24. The van der Waals surface area contributed by atoms with Gasteiger partial charge in [-0.1, -0.05) is 30.7 Å². The molecule has 1 heterocycles. The average Bonchev–Trinajstić information content (AvgIpc) is 2.39. The van der Waals surface area contributed by atoms with Gasteiger partial charge in [-0.15, -0.1) is 24.0 Å². The van der Waals surface area contributed by atoms with Crippen molar-refractivity contribution in [1.29, 1.82) is 0 Å². The number of nitrogens with two attached hydrogens (primary N) is 1. The van der Waals surface area contributed by atoms with E-state index in [2.05, 4.69) is 22.9 Å². The number of aliphatic imine (C=N–C) groups is 1. The van der Waals surface area contributed by atoms with Crippen molar-refractivity contribution in [2.45, 2.75) is 26.2 Å². The van der Waals surface area contributed by atoms with E-state index in [0.717, 1.165) is 37.0 Å². The molecule has 0 bridgehead atoms. The molecule has 1 aliphatic rings. The summed E-state index contributed by atoms with van der Waals surface area (Å²) in [7, 11) is 0. The standard InChI is InChI=1S/C15H22ClN3.HI/c1-12-6-9-19(10-7-12)15(17)18-8-5-13-3-2-4-14(16)11-13;/h2-4,11-12H,5-10H2,1H3,(H2,17,18);1H. The topological polar surface area (TPSA) is 41.6 Å². The van der Waals surface area contributed by atoms with Crippen LogP contribution in [-0.4, -0.2) is 30.5 Å². The Kier molecular flexibility index (Phi) is 7.66. The van der Waals surface area contributed by atoms with Gasteiger partial charge >= 0.3 is 0 Å². The van der Waals surface area contributed by atoms with Crippen LogP contribution in [0.1, 0.15) is 25.3 Å². The van der Waals surface area contributed by atoms with Crippen LogP contribution in [0.3, 0.4) is 0 Å². The van der Waals surface area contributed by atoms with E-state index < -0.39 is 0 Å². The summed E-state index contributed by atoms with van der Waals surface area (Å²) in [4.78, 5) is 6.67. The Hall–Kier alpha value is -0.490. The van der Waals surface area contributed by atoms with Gasteiger partial charge in [-0.2, -0.15) is 0 Å². The number of guanidine groups is 1. The quantitative estimate of drug-likeness (QED) is 0.473. The second kappa shape index (κ2) is 8.72. The van der Waals surface area contributed by atoms with Gasteiger partial charge in [0.05, 0.1) is 0 Å². The van der Waals surface area contributed by atoms with Crippen LogP contribution in [0.25, 0.3) is 0 Å². The van der Waals surface area contributed by atoms with Gasteiger partial charge in [0.15, 0.2) is 5.96 Å². The lowest BCUT2D eigenvalue weighted by atomic mass is 10.00. The monoisotopic (exact) mass is 407 g/mol. The van der Waals surface area contributed by atoms with Gasteiger partial charge in [-0.25, -0.2) is 0 Å². The second-order valence-electron chi connectivity index (χ2n) is 5.29. The van der Waals surface area contributed by atoms with Crippen molar-refractivity contribution >= 4 is 41.5 Å². The van der Waals surface area contributed by atoms with Crippen molar-refractivity contribution in [2.75, 3.05) is 19.6 Å². The molecule has 0 saturated carbocycles. The number of hydrogen-bond acceptors (Lipinski definition) is 1. The molecule has 1 fully saturated rings. The average molecular weight is 408 g/mol. The van der Waals surface area contributed by atoms with Crippen molar-refractivity contribution in [3.05, 3.63) is 34.9 Å². The van der Waals surface area contributed by atoms with E-state index in [1.807, 2.05) is 18.2 Å². The van der Waals surface area contributed by atoms with Crippen LogP contribution in [0.2, 0.25) is 5.02 Å². The van der Waals surface area contributed by atoms with Gasteiger partial charge in [0.1, 0.15) is 0 Å². The summed E-state index contributed by atoms with van der Waals surface area (Å²) in [6.07, 6.45) is 3.31. The number of piperidine rings is 1. The third-order valence-electron chi connectivity index (χ3n) is 3.67. The molecule has 20 heavy (non-hydrogen) atoms. The number of hydrogen-bond donors (Lipinski definition) is 1. The number of halogens is 2. The molecule has 2 N–H and O–H groups in total. The van der Waals surface area contributed by atoms with Crippen LogP contribution in [0.15, 0.2) is 29.3 Å². The fourth-order valence-electron chi connectivity index (χ4n) is 2.33.